The van der Waals surface area contributed by atoms with Crippen LogP contribution < -0.4 is 5.32 Å². The Kier molecular flexibility index (Phi) is 9.45. The second kappa shape index (κ2) is 12.5. The highest BCUT2D eigenvalue weighted by molar-refractivity contribution is 9.10. The molecular formula is C36H54BrNO2. The van der Waals surface area contributed by atoms with Crippen molar-refractivity contribution in [2.24, 2.45) is 46.3 Å². The monoisotopic (exact) mass is 611 g/mol. The number of fused-ring (bicyclic) bond motifs is 5. The average Bonchev–Trinajstić information content (AvgIpc) is 3.27. The van der Waals surface area contributed by atoms with Gasteiger partial charge in [0.15, 0.2) is 0 Å². The van der Waals surface area contributed by atoms with E-state index in [0.29, 0.717) is 17.4 Å². The maximum Gasteiger partial charge on any atom is 0.407 e. The molecule has 222 valence electrons. The molecule has 0 aliphatic heterocycles. The maximum absolute atomic E-state index is 12.6. The van der Waals surface area contributed by atoms with Crippen LogP contribution in [0.2, 0.25) is 0 Å². The molecule has 0 radical (unpaired) electrons. The number of benzene rings is 1. The molecule has 0 spiro atoms. The number of carbonyl (C=O) groups excluding carboxylic acids is 1. The number of carbonyl (C=O) groups is 1. The highest BCUT2D eigenvalue weighted by Gasteiger charge is 2.59. The van der Waals surface area contributed by atoms with E-state index in [1.807, 2.05) is 12.1 Å². The lowest BCUT2D eigenvalue weighted by Gasteiger charge is -2.58. The van der Waals surface area contributed by atoms with Crippen LogP contribution in [-0.4, -0.2) is 18.7 Å². The standard InChI is InChI=1S/C36H54BrNO2/c1-24(2)7-6-8-25(3)31-15-16-32-30-14-11-27-23-29(17-20-35(27,4)33(30)18-21-36(31,32)5)40-34(39)38-22-19-26-9-12-28(37)13-10-26/h9-13,24-25,29-33H,6-8,14-23H2,1-5H3,(H,38,39). The van der Waals surface area contributed by atoms with Crippen molar-refractivity contribution in [1.29, 1.82) is 0 Å². The van der Waals surface area contributed by atoms with Gasteiger partial charge in [0.25, 0.3) is 0 Å². The van der Waals surface area contributed by atoms with E-state index < -0.39 is 0 Å². The minimum atomic E-state index is -0.257. The number of nitrogens with one attached hydrogen (secondary N) is 1. The smallest absolute Gasteiger partial charge is 0.407 e. The van der Waals surface area contributed by atoms with Crippen molar-refractivity contribution >= 4 is 22.0 Å². The number of hydrogen-bond donors (Lipinski definition) is 1. The largest absolute Gasteiger partial charge is 0.446 e. The Bertz CT molecular complexity index is 1050. The fraction of sp³-hybridized carbons (Fsp3) is 0.750. The van der Waals surface area contributed by atoms with Crippen LogP contribution in [0.1, 0.15) is 111 Å². The molecule has 4 aliphatic rings. The zero-order chi connectivity index (χ0) is 28.5. The molecule has 3 saturated carbocycles. The van der Waals surface area contributed by atoms with Crippen molar-refractivity contribution in [3.63, 3.8) is 0 Å². The molecule has 8 unspecified atom stereocenters. The third-order valence-corrected chi connectivity index (χ3v) is 12.7. The molecule has 1 N–H and O–H groups in total. The topological polar surface area (TPSA) is 38.3 Å². The summed E-state index contributed by atoms with van der Waals surface area (Å²) in [7, 11) is 0. The van der Waals surface area contributed by atoms with E-state index in [9.17, 15) is 4.79 Å². The van der Waals surface area contributed by atoms with E-state index in [1.54, 1.807) is 5.57 Å². The lowest BCUT2D eigenvalue weighted by Crippen LogP contribution is -2.51. The van der Waals surface area contributed by atoms with Gasteiger partial charge in [-0.15, -0.1) is 0 Å². The Morgan fingerprint density at radius 3 is 2.55 bits per heavy atom. The lowest BCUT2D eigenvalue weighted by molar-refractivity contribution is -0.0581. The van der Waals surface area contributed by atoms with Gasteiger partial charge >= 0.3 is 6.09 Å². The average molecular weight is 613 g/mol. The van der Waals surface area contributed by atoms with Crippen LogP contribution >= 0.6 is 15.9 Å². The number of rotatable bonds is 9. The Labute approximate surface area is 252 Å². The number of hydrogen-bond acceptors (Lipinski definition) is 2. The first kappa shape index (κ1) is 30.2. The van der Waals surface area contributed by atoms with Crippen LogP contribution in [0.15, 0.2) is 40.4 Å². The molecule has 0 heterocycles. The van der Waals surface area contributed by atoms with Crippen molar-refractivity contribution in [1.82, 2.24) is 5.32 Å². The Hall–Kier alpha value is -1.29. The van der Waals surface area contributed by atoms with Crippen LogP contribution in [0.4, 0.5) is 4.79 Å². The molecule has 8 atom stereocenters. The quantitative estimate of drug-likeness (QED) is 0.282. The molecule has 4 heteroatoms. The fourth-order valence-electron chi connectivity index (χ4n) is 9.91. The highest BCUT2D eigenvalue weighted by Crippen LogP contribution is 2.67. The summed E-state index contributed by atoms with van der Waals surface area (Å²) in [6.45, 7) is 13.2. The van der Waals surface area contributed by atoms with E-state index in [4.69, 9.17) is 4.74 Å². The van der Waals surface area contributed by atoms with Gasteiger partial charge in [0.2, 0.25) is 0 Å². The second-order valence-corrected chi connectivity index (χ2v) is 15.8. The fourth-order valence-corrected chi connectivity index (χ4v) is 10.2. The molecular weight excluding hydrogens is 558 g/mol. The number of amides is 1. The summed E-state index contributed by atoms with van der Waals surface area (Å²) in [5.41, 5.74) is 3.64. The SMILES string of the molecule is CC(C)CCCC(C)C1CCC2C3CC=C4CC(OC(=O)NCCc5ccc(Br)cc5)CCC4(C)C3CCC12C. The maximum atomic E-state index is 12.6. The minimum absolute atomic E-state index is 0.0139. The molecule has 0 aromatic heterocycles. The molecule has 40 heavy (non-hydrogen) atoms. The van der Waals surface area contributed by atoms with Crippen molar-refractivity contribution in [3.8, 4) is 0 Å². The summed E-state index contributed by atoms with van der Waals surface area (Å²) >= 11 is 3.48. The van der Waals surface area contributed by atoms with Crippen LogP contribution in [0.25, 0.3) is 0 Å². The van der Waals surface area contributed by atoms with Gasteiger partial charge in [-0.05, 0) is 115 Å². The zero-order valence-corrected chi connectivity index (χ0v) is 27.4. The third-order valence-electron chi connectivity index (χ3n) is 12.1. The van der Waals surface area contributed by atoms with Gasteiger partial charge in [-0.3, -0.25) is 0 Å². The van der Waals surface area contributed by atoms with Crippen molar-refractivity contribution in [3.05, 3.63) is 46.0 Å². The van der Waals surface area contributed by atoms with Crippen LogP contribution in [0.3, 0.4) is 0 Å². The normalized spacial score (nSPS) is 35.8. The van der Waals surface area contributed by atoms with E-state index in [-0.39, 0.29) is 12.2 Å². The van der Waals surface area contributed by atoms with E-state index in [1.165, 1.54) is 56.9 Å². The Morgan fingerprint density at radius 2 is 1.80 bits per heavy atom. The summed E-state index contributed by atoms with van der Waals surface area (Å²) in [5, 5.41) is 2.99. The van der Waals surface area contributed by atoms with Gasteiger partial charge in [-0.2, -0.15) is 0 Å². The van der Waals surface area contributed by atoms with Gasteiger partial charge in [0.05, 0.1) is 0 Å². The van der Waals surface area contributed by atoms with Crippen LogP contribution in [0, 0.1) is 46.3 Å². The van der Waals surface area contributed by atoms with Gasteiger partial charge < -0.3 is 10.1 Å². The molecule has 3 fully saturated rings. The van der Waals surface area contributed by atoms with Gasteiger partial charge in [-0.25, -0.2) is 4.79 Å². The summed E-state index contributed by atoms with van der Waals surface area (Å²) < 4.78 is 7.03. The van der Waals surface area contributed by atoms with Crippen LogP contribution in [-0.2, 0) is 11.2 Å². The zero-order valence-electron chi connectivity index (χ0n) is 25.8. The van der Waals surface area contributed by atoms with Gasteiger partial charge in [0, 0.05) is 17.4 Å². The van der Waals surface area contributed by atoms with Gasteiger partial charge in [-0.1, -0.05) is 93.6 Å². The molecule has 1 aromatic carbocycles. The number of allylic oxidation sites excluding steroid dienone is 1. The number of halogens is 1. The lowest BCUT2D eigenvalue weighted by atomic mass is 9.47. The Morgan fingerprint density at radius 1 is 1.02 bits per heavy atom. The second-order valence-electron chi connectivity index (χ2n) is 14.9. The third kappa shape index (κ3) is 6.23. The van der Waals surface area contributed by atoms with E-state index in [2.05, 4.69) is 74.1 Å². The van der Waals surface area contributed by atoms with Crippen LogP contribution in [0.5, 0.6) is 0 Å². The minimum Gasteiger partial charge on any atom is -0.446 e. The first-order valence-corrected chi connectivity index (χ1v) is 17.3. The molecule has 1 amide bonds. The molecule has 5 rings (SSSR count). The number of ether oxygens (including phenoxy) is 1. The highest BCUT2D eigenvalue weighted by atomic mass is 79.9. The molecule has 0 saturated heterocycles. The van der Waals surface area contributed by atoms with Crippen molar-refractivity contribution < 1.29 is 9.53 Å². The summed E-state index contributed by atoms with van der Waals surface area (Å²) in [6.07, 6.45) is 17.4. The molecule has 1 aromatic rings. The predicted octanol–water partition coefficient (Wildman–Crippen LogP) is 10.1. The molecule has 3 nitrogen and oxygen atoms in total. The Balaban J connectivity index is 1.15. The first-order chi connectivity index (χ1) is 19.1. The summed E-state index contributed by atoms with van der Waals surface area (Å²) in [6, 6.07) is 8.27. The molecule has 4 aliphatic carbocycles. The first-order valence-electron chi connectivity index (χ1n) is 16.5. The number of alkyl carbamates (subject to hydrolysis) is 1. The van der Waals surface area contributed by atoms with E-state index >= 15 is 0 Å². The predicted molar refractivity (Wildman–Crippen MR) is 169 cm³/mol. The van der Waals surface area contributed by atoms with E-state index in [0.717, 1.165) is 65.7 Å². The van der Waals surface area contributed by atoms with Gasteiger partial charge in [0.1, 0.15) is 6.10 Å². The summed E-state index contributed by atoms with van der Waals surface area (Å²) in [5.74, 6) is 5.15. The van der Waals surface area contributed by atoms with Crippen molar-refractivity contribution in [2.75, 3.05) is 6.54 Å². The van der Waals surface area contributed by atoms with Crippen molar-refractivity contribution in [2.45, 2.75) is 118 Å². The summed E-state index contributed by atoms with van der Waals surface area (Å²) in [4.78, 5) is 12.6. The molecule has 0 bridgehead atoms.